The first kappa shape index (κ1) is 17.1. The van der Waals surface area contributed by atoms with Crippen molar-refractivity contribution in [2.24, 2.45) is 5.73 Å². The maximum Gasteiger partial charge on any atom is 0.408 e. The number of carbonyl (C=O) groups is 1. The molecule has 0 saturated heterocycles. The standard InChI is InChI=1S/C15H24N2O4/c1-15(2,3)21-14(18)17-13(9-16)10-6-11(19-4)8-12(7-10)20-5/h6-8,13H,9,16H2,1-5H3,(H,17,18). The van der Waals surface area contributed by atoms with Crippen LogP contribution in [-0.4, -0.2) is 32.5 Å². The first-order valence-electron chi connectivity index (χ1n) is 6.71. The highest BCUT2D eigenvalue weighted by molar-refractivity contribution is 5.68. The van der Waals surface area contributed by atoms with Crippen molar-refractivity contribution in [1.82, 2.24) is 5.32 Å². The lowest BCUT2D eigenvalue weighted by Crippen LogP contribution is -2.37. The number of alkyl carbamates (subject to hydrolysis) is 1. The highest BCUT2D eigenvalue weighted by Crippen LogP contribution is 2.26. The second kappa shape index (κ2) is 7.17. The summed E-state index contributed by atoms with van der Waals surface area (Å²) in [6.07, 6.45) is -0.514. The molecule has 0 spiro atoms. The zero-order valence-electron chi connectivity index (χ0n) is 13.2. The van der Waals surface area contributed by atoms with Crippen molar-refractivity contribution < 1.29 is 19.0 Å². The van der Waals surface area contributed by atoms with Crippen molar-refractivity contribution in [2.45, 2.75) is 32.4 Å². The molecule has 0 saturated carbocycles. The molecule has 1 rings (SSSR count). The first-order chi connectivity index (χ1) is 9.78. The van der Waals surface area contributed by atoms with Crippen LogP contribution in [0.25, 0.3) is 0 Å². The van der Waals surface area contributed by atoms with E-state index in [9.17, 15) is 4.79 Å². The fraction of sp³-hybridized carbons (Fsp3) is 0.533. The van der Waals surface area contributed by atoms with Gasteiger partial charge >= 0.3 is 6.09 Å². The van der Waals surface area contributed by atoms with Gasteiger partial charge in [-0.1, -0.05) is 0 Å². The van der Waals surface area contributed by atoms with Gasteiger partial charge in [0.25, 0.3) is 0 Å². The second-order valence-corrected chi connectivity index (χ2v) is 5.58. The Kier molecular flexibility index (Phi) is 5.84. The molecule has 1 unspecified atom stereocenters. The predicted octanol–water partition coefficient (Wildman–Crippen LogP) is 2.23. The largest absolute Gasteiger partial charge is 0.497 e. The Morgan fingerprint density at radius 2 is 1.71 bits per heavy atom. The fourth-order valence-corrected chi connectivity index (χ4v) is 1.76. The summed E-state index contributed by atoms with van der Waals surface area (Å²) in [4.78, 5) is 11.9. The summed E-state index contributed by atoms with van der Waals surface area (Å²) in [5.74, 6) is 1.27. The predicted molar refractivity (Wildman–Crippen MR) is 80.7 cm³/mol. The minimum absolute atomic E-state index is 0.232. The van der Waals surface area contributed by atoms with Crippen molar-refractivity contribution in [1.29, 1.82) is 0 Å². The van der Waals surface area contributed by atoms with Crippen LogP contribution in [0.3, 0.4) is 0 Å². The molecule has 3 N–H and O–H groups in total. The average molecular weight is 296 g/mol. The van der Waals surface area contributed by atoms with Crippen LogP contribution in [0, 0.1) is 0 Å². The van der Waals surface area contributed by atoms with E-state index in [-0.39, 0.29) is 12.6 Å². The van der Waals surface area contributed by atoms with Crippen molar-refractivity contribution in [3.8, 4) is 11.5 Å². The summed E-state index contributed by atoms with van der Waals surface area (Å²) in [7, 11) is 3.13. The summed E-state index contributed by atoms with van der Waals surface area (Å²) in [6, 6.07) is 4.98. The Bertz CT molecular complexity index is 461. The Balaban J connectivity index is 2.91. The summed E-state index contributed by atoms with van der Waals surface area (Å²) >= 11 is 0. The van der Waals surface area contributed by atoms with Gasteiger partial charge in [-0.25, -0.2) is 4.79 Å². The first-order valence-corrected chi connectivity index (χ1v) is 6.71. The molecule has 0 bridgehead atoms. The van der Waals surface area contributed by atoms with Crippen LogP contribution in [0.15, 0.2) is 18.2 Å². The Morgan fingerprint density at radius 3 is 2.10 bits per heavy atom. The summed E-state index contributed by atoms with van der Waals surface area (Å²) in [5.41, 5.74) is 5.98. The van der Waals surface area contributed by atoms with Gasteiger partial charge in [0.05, 0.1) is 20.3 Å². The van der Waals surface area contributed by atoms with E-state index in [1.807, 2.05) is 0 Å². The number of nitrogens with one attached hydrogen (secondary N) is 1. The van der Waals surface area contributed by atoms with E-state index in [2.05, 4.69) is 5.32 Å². The molecule has 0 aliphatic heterocycles. The summed E-state index contributed by atoms with van der Waals surface area (Å²) in [6.45, 7) is 5.64. The minimum atomic E-state index is -0.560. The van der Waals surface area contributed by atoms with Crippen LogP contribution in [0.5, 0.6) is 11.5 Å². The maximum atomic E-state index is 11.9. The zero-order valence-corrected chi connectivity index (χ0v) is 13.2. The third-order valence-corrected chi connectivity index (χ3v) is 2.70. The number of hydrogen-bond acceptors (Lipinski definition) is 5. The Hall–Kier alpha value is -1.95. The maximum absolute atomic E-state index is 11.9. The summed E-state index contributed by atoms with van der Waals surface area (Å²) < 4.78 is 15.7. The van der Waals surface area contributed by atoms with Crippen molar-refractivity contribution in [3.63, 3.8) is 0 Å². The molecule has 0 fully saturated rings. The molecule has 1 amide bonds. The molecule has 0 aliphatic carbocycles. The quantitative estimate of drug-likeness (QED) is 0.870. The molecule has 118 valence electrons. The van der Waals surface area contributed by atoms with E-state index < -0.39 is 11.7 Å². The Labute approximate surface area is 125 Å². The lowest BCUT2D eigenvalue weighted by molar-refractivity contribution is 0.0505. The molecule has 21 heavy (non-hydrogen) atoms. The van der Waals surface area contributed by atoms with E-state index in [1.165, 1.54) is 0 Å². The highest BCUT2D eigenvalue weighted by atomic mass is 16.6. The van der Waals surface area contributed by atoms with Gasteiger partial charge in [-0.3, -0.25) is 0 Å². The molecular weight excluding hydrogens is 272 g/mol. The number of rotatable bonds is 5. The lowest BCUT2D eigenvalue weighted by atomic mass is 10.1. The second-order valence-electron chi connectivity index (χ2n) is 5.58. The third-order valence-electron chi connectivity index (χ3n) is 2.70. The number of ether oxygens (including phenoxy) is 3. The van der Waals surface area contributed by atoms with Crippen molar-refractivity contribution in [2.75, 3.05) is 20.8 Å². The van der Waals surface area contributed by atoms with Crippen LogP contribution in [0.1, 0.15) is 32.4 Å². The van der Waals surface area contributed by atoms with Crippen LogP contribution in [0.2, 0.25) is 0 Å². The number of benzene rings is 1. The van der Waals surface area contributed by atoms with Gasteiger partial charge in [-0.05, 0) is 38.5 Å². The SMILES string of the molecule is COc1cc(OC)cc(C(CN)NC(=O)OC(C)(C)C)c1. The monoisotopic (exact) mass is 296 g/mol. The van der Waals surface area contributed by atoms with Crippen LogP contribution in [0.4, 0.5) is 4.79 Å². The molecular formula is C15H24N2O4. The van der Waals surface area contributed by atoms with Crippen molar-refractivity contribution >= 4 is 6.09 Å². The van der Waals surface area contributed by atoms with Gasteiger partial charge in [0.1, 0.15) is 17.1 Å². The average Bonchev–Trinajstić information content (AvgIpc) is 2.42. The normalized spacial score (nSPS) is 12.5. The third kappa shape index (κ3) is 5.51. The minimum Gasteiger partial charge on any atom is -0.497 e. The topological polar surface area (TPSA) is 82.8 Å². The fourth-order valence-electron chi connectivity index (χ4n) is 1.76. The smallest absolute Gasteiger partial charge is 0.408 e. The van der Waals surface area contributed by atoms with Gasteiger partial charge in [-0.2, -0.15) is 0 Å². The highest BCUT2D eigenvalue weighted by Gasteiger charge is 2.20. The molecule has 1 aromatic carbocycles. The molecule has 0 heterocycles. The number of hydrogen-bond donors (Lipinski definition) is 2. The molecule has 1 aromatic rings. The zero-order chi connectivity index (χ0) is 16.0. The van der Waals surface area contributed by atoms with Crippen molar-refractivity contribution in [3.05, 3.63) is 23.8 Å². The molecule has 0 radical (unpaired) electrons. The number of nitrogens with two attached hydrogens (primary N) is 1. The van der Waals surface area contributed by atoms with Gasteiger partial charge < -0.3 is 25.3 Å². The van der Waals surface area contributed by atoms with Gasteiger partial charge in [0.15, 0.2) is 0 Å². The molecule has 0 aliphatic rings. The molecule has 0 aromatic heterocycles. The van der Waals surface area contributed by atoms with Gasteiger partial charge in [0, 0.05) is 12.6 Å². The van der Waals surface area contributed by atoms with Crippen LogP contribution < -0.4 is 20.5 Å². The number of carbonyl (C=O) groups excluding carboxylic acids is 1. The number of methoxy groups -OCH3 is 2. The lowest BCUT2D eigenvalue weighted by Gasteiger charge is -2.23. The molecule has 6 heteroatoms. The summed E-state index contributed by atoms with van der Waals surface area (Å²) in [5, 5.41) is 2.74. The number of amides is 1. The molecule has 6 nitrogen and oxygen atoms in total. The van der Waals surface area contributed by atoms with E-state index in [4.69, 9.17) is 19.9 Å². The van der Waals surface area contributed by atoms with E-state index in [0.717, 1.165) is 5.56 Å². The van der Waals surface area contributed by atoms with E-state index in [1.54, 1.807) is 53.2 Å². The van der Waals surface area contributed by atoms with Gasteiger partial charge in [-0.15, -0.1) is 0 Å². The van der Waals surface area contributed by atoms with Gasteiger partial charge in [0.2, 0.25) is 0 Å². The molecule has 1 atom stereocenters. The van der Waals surface area contributed by atoms with Crippen LogP contribution >= 0.6 is 0 Å². The van der Waals surface area contributed by atoms with Crippen LogP contribution in [-0.2, 0) is 4.74 Å². The van der Waals surface area contributed by atoms with E-state index in [0.29, 0.717) is 11.5 Å². The van der Waals surface area contributed by atoms with E-state index >= 15 is 0 Å². The Morgan fingerprint density at radius 1 is 1.19 bits per heavy atom.